The summed E-state index contributed by atoms with van der Waals surface area (Å²) >= 11 is 9.46. The van der Waals surface area contributed by atoms with Crippen LogP contribution < -0.4 is 19.5 Å². The molecule has 0 fully saturated rings. The van der Waals surface area contributed by atoms with Gasteiger partial charge >= 0.3 is 0 Å². The molecule has 1 N–H and O–H groups in total. The highest BCUT2D eigenvalue weighted by molar-refractivity contribution is 9.10. The smallest absolute Gasteiger partial charge is 0.203 e. The molecule has 0 aliphatic heterocycles. The van der Waals surface area contributed by atoms with Crippen molar-refractivity contribution in [3.8, 4) is 17.2 Å². The highest BCUT2D eigenvalue weighted by Crippen LogP contribution is 2.38. The van der Waals surface area contributed by atoms with Crippen molar-refractivity contribution < 1.29 is 14.2 Å². The quantitative estimate of drug-likeness (QED) is 0.778. The van der Waals surface area contributed by atoms with E-state index in [4.69, 9.17) is 25.8 Å². The predicted octanol–water partition coefficient (Wildman–Crippen LogP) is 4.74. The zero-order chi connectivity index (χ0) is 16.1. The summed E-state index contributed by atoms with van der Waals surface area (Å²) in [6.45, 7) is 0.606. The molecule has 0 atom stereocenters. The van der Waals surface area contributed by atoms with Gasteiger partial charge in [-0.25, -0.2) is 0 Å². The van der Waals surface area contributed by atoms with Gasteiger partial charge in [-0.15, -0.1) is 0 Å². The third-order valence-electron chi connectivity index (χ3n) is 3.14. The molecule has 0 aliphatic carbocycles. The summed E-state index contributed by atoms with van der Waals surface area (Å²) in [4.78, 5) is 0. The van der Waals surface area contributed by atoms with Gasteiger partial charge in [0.2, 0.25) is 5.75 Å². The molecule has 0 amide bonds. The van der Waals surface area contributed by atoms with Crippen LogP contribution in [0.3, 0.4) is 0 Å². The van der Waals surface area contributed by atoms with E-state index in [0.29, 0.717) is 28.8 Å². The molecule has 2 rings (SSSR count). The molecule has 0 spiro atoms. The highest BCUT2D eigenvalue weighted by Gasteiger charge is 2.13. The van der Waals surface area contributed by atoms with Gasteiger partial charge in [-0.2, -0.15) is 0 Å². The van der Waals surface area contributed by atoms with Crippen molar-refractivity contribution in [1.82, 2.24) is 0 Å². The minimum Gasteiger partial charge on any atom is -0.493 e. The maximum atomic E-state index is 6.09. The van der Waals surface area contributed by atoms with Crippen LogP contribution in [0.1, 0.15) is 5.56 Å². The van der Waals surface area contributed by atoms with Gasteiger partial charge in [0.05, 0.1) is 26.4 Å². The lowest BCUT2D eigenvalue weighted by Gasteiger charge is -2.15. The molecule has 0 saturated carbocycles. The van der Waals surface area contributed by atoms with E-state index in [1.54, 1.807) is 21.3 Å². The number of halogens is 2. The van der Waals surface area contributed by atoms with Crippen LogP contribution >= 0.6 is 27.5 Å². The van der Waals surface area contributed by atoms with Gasteiger partial charge in [-0.3, -0.25) is 0 Å². The van der Waals surface area contributed by atoms with Crippen LogP contribution in [0.2, 0.25) is 5.02 Å². The number of rotatable bonds is 6. The summed E-state index contributed by atoms with van der Waals surface area (Å²) in [6.07, 6.45) is 0. The van der Waals surface area contributed by atoms with Gasteiger partial charge in [0, 0.05) is 16.7 Å². The monoisotopic (exact) mass is 385 g/mol. The summed E-state index contributed by atoms with van der Waals surface area (Å²) < 4.78 is 16.9. The Morgan fingerprint density at radius 2 is 1.64 bits per heavy atom. The molecule has 0 radical (unpaired) electrons. The molecule has 2 aromatic carbocycles. The third-order valence-corrected chi connectivity index (χ3v) is 4.37. The summed E-state index contributed by atoms with van der Waals surface area (Å²) in [6, 6.07) is 9.54. The molecule has 0 heterocycles. The minimum atomic E-state index is 0.584. The standard InChI is InChI=1S/C16H17BrClNO3/c1-20-14-6-10(7-15(21-2)16(14)22-3)9-19-11-4-5-12(17)13(18)8-11/h4-8,19H,9H2,1-3H3. The molecular weight excluding hydrogens is 370 g/mol. The number of hydrogen-bond acceptors (Lipinski definition) is 4. The molecule has 0 unspecified atom stereocenters. The van der Waals surface area contributed by atoms with Gasteiger partial charge in [0.15, 0.2) is 11.5 Å². The van der Waals surface area contributed by atoms with Crippen molar-refractivity contribution in [1.29, 1.82) is 0 Å². The Morgan fingerprint density at radius 3 is 2.14 bits per heavy atom. The fourth-order valence-electron chi connectivity index (χ4n) is 2.05. The zero-order valence-electron chi connectivity index (χ0n) is 12.6. The maximum absolute atomic E-state index is 6.09. The Labute approximate surface area is 143 Å². The Kier molecular flexibility index (Phi) is 5.80. The summed E-state index contributed by atoms with van der Waals surface area (Å²) in [5.41, 5.74) is 1.94. The van der Waals surface area contributed by atoms with E-state index in [-0.39, 0.29) is 0 Å². The average Bonchev–Trinajstić information content (AvgIpc) is 2.54. The molecule has 0 bridgehead atoms. The summed E-state index contributed by atoms with van der Waals surface area (Å²) in [5, 5.41) is 3.97. The summed E-state index contributed by atoms with van der Waals surface area (Å²) in [7, 11) is 4.79. The van der Waals surface area contributed by atoms with E-state index in [9.17, 15) is 0 Å². The molecule has 22 heavy (non-hydrogen) atoms. The summed E-state index contributed by atoms with van der Waals surface area (Å²) in [5.74, 6) is 1.85. The van der Waals surface area contributed by atoms with Crippen molar-refractivity contribution in [2.75, 3.05) is 26.6 Å². The fraction of sp³-hybridized carbons (Fsp3) is 0.250. The van der Waals surface area contributed by atoms with Crippen LogP contribution in [-0.4, -0.2) is 21.3 Å². The molecule has 0 aromatic heterocycles. The van der Waals surface area contributed by atoms with Gasteiger partial charge in [0.25, 0.3) is 0 Å². The fourth-order valence-corrected chi connectivity index (χ4v) is 2.47. The van der Waals surface area contributed by atoms with E-state index in [0.717, 1.165) is 15.7 Å². The number of nitrogens with one attached hydrogen (secondary N) is 1. The van der Waals surface area contributed by atoms with E-state index >= 15 is 0 Å². The third kappa shape index (κ3) is 3.78. The Balaban J connectivity index is 2.20. The lowest BCUT2D eigenvalue weighted by atomic mass is 10.1. The van der Waals surface area contributed by atoms with Crippen molar-refractivity contribution in [2.24, 2.45) is 0 Å². The number of methoxy groups -OCH3 is 3. The zero-order valence-corrected chi connectivity index (χ0v) is 14.9. The number of ether oxygens (including phenoxy) is 3. The van der Waals surface area contributed by atoms with E-state index in [1.807, 2.05) is 30.3 Å². The molecule has 4 nitrogen and oxygen atoms in total. The van der Waals surface area contributed by atoms with Gasteiger partial charge < -0.3 is 19.5 Å². The van der Waals surface area contributed by atoms with E-state index < -0.39 is 0 Å². The Morgan fingerprint density at radius 1 is 1.00 bits per heavy atom. The van der Waals surface area contributed by atoms with Crippen molar-refractivity contribution in [3.63, 3.8) is 0 Å². The molecule has 2 aromatic rings. The van der Waals surface area contributed by atoms with Gasteiger partial charge in [0.1, 0.15) is 0 Å². The van der Waals surface area contributed by atoms with Gasteiger partial charge in [-0.05, 0) is 51.8 Å². The predicted molar refractivity (Wildman–Crippen MR) is 92.6 cm³/mol. The SMILES string of the molecule is COc1cc(CNc2ccc(Br)c(Cl)c2)cc(OC)c1OC. The van der Waals surface area contributed by atoms with Gasteiger partial charge in [-0.1, -0.05) is 11.6 Å². The van der Waals surface area contributed by atoms with Crippen LogP contribution in [0.4, 0.5) is 5.69 Å². The second-order valence-corrected chi connectivity index (χ2v) is 5.78. The number of benzene rings is 2. The van der Waals surface area contributed by atoms with Crippen molar-refractivity contribution in [2.45, 2.75) is 6.54 Å². The van der Waals surface area contributed by atoms with Crippen LogP contribution in [0.15, 0.2) is 34.8 Å². The Hall–Kier alpha value is -1.59. The first kappa shape index (κ1) is 16.8. The first-order valence-electron chi connectivity index (χ1n) is 6.56. The van der Waals surface area contributed by atoms with Crippen LogP contribution in [-0.2, 0) is 6.54 Å². The number of anilines is 1. The Bertz CT molecular complexity index is 639. The van der Waals surface area contributed by atoms with Crippen LogP contribution in [0.25, 0.3) is 0 Å². The topological polar surface area (TPSA) is 39.7 Å². The second kappa shape index (κ2) is 7.61. The molecule has 0 saturated heterocycles. The van der Waals surface area contributed by atoms with Crippen molar-refractivity contribution in [3.05, 3.63) is 45.4 Å². The molecule has 0 aliphatic rings. The van der Waals surface area contributed by atoms with Crippen LogP contribution in [0, 0.1) is 0 Å². The first-order chi connectivity index (χ1) is 10.6. The first-order valence-corrected chi connectivity index (χ1v) is 7.74. The second-order valence-electron chi connectivity index (χ2n) is 4.52. The number of hydrogen-bond donors (Lipinski definition) is 1. The maximum Gasteiger partial charge on any atom is 0.203 e. The van der Waals surface area contributed by atoms with E-state index in [2.05, 4.69) is 21.2 Å². The van der Waals surface area contributed by atoms with Crippen molar-refractivity contribution >= 4 is 33.2 Å². The molecule has 6 heteroatoms. The largest absolute Gasteiger partial charge is 0.493 e. The van der Waals surface area contributed by atoms with Crippen LogP contribution in [0.5, 0.6) is 17.2 Å². The normalized spacial score (nSPS) is 10.2. The molecular formula is C16H17BrClNO3. The van der Waals surface area contributed by atoms with E-state index in [1.165, 1.54) is 0 Å². The minimum absolute atomic E-state index is 0.584. The highest BCUT2D eigenvalue weighted by atomic mass is 79.9. The molecule has 118 valence electrons. The average molecular weight is 387 g/mol. The lowest BCUT2D eigenvalue weighted by Crippen LogP contribution is -2.02. The lowest BCUT2D eigenvalue weighted by molar-refractivity contribution is 0.324.